The predicted octanol–water partition coefficient (Wildman–Crippen LogP) is 14.6. The van der Waals surface area contributed by atoms with Gasteiger partial charge in [-0.15, -0.1) is 22.7 Å². The molecule has 56 heavy (non-hydrogen) atoms. The van der Waals surface area contributed by atoms with Crippen LogP contribution in [0.4, 0.5) is 0 Å². The lowest BCUT2D eigenvalue weighted by molar-refractivity contribution is 1.07. The van der Waals surface area contributed by atoms with Gasteiger partial charge in [0.25, 0.3) is 0 Å². The van der Waals surface area contributed by atoms with Crippen LogP contribution in [0.25, 0.3) is 108 Å². The van der Waals surface area contributed by atoms with E-state index in [9.17, 15) is 0 Å². The topological polar surface area (TPSA) is 38.7 Å². The van der Waals surface area contributed by atoms with Crippen molar-refractivity contribution in [1.29, 1.82) is 0 Å². The van der Waals surface area contributed by atoms with Gasteiger partial charge < -0.3 is 0 Å². The number of thiophene rings is 2. The Labute approximate surface area is 331 Å². The first-order valence-electron chi connectivity index (χ1n) is 18.7. The van der Waals surface area contributed by atoms with Gasteiger partial charge in [-0.1, -0.05) is 158 Å². The summed E-state index contributed by atoms with van der Waals surface area (Å²) in [6.07, 6.45) is 0. The zero-order chi connectivity index (χ0) is 37.0. The molecule has 0 saturated heterocycles. The highest BCUT2D eigenvalue weighted by Crippen LogP contribution is 2.47. The summed E-state index contributed by atoms with van der Waals surface area (Å²) in [7, 11) is 0. The number of rotatable bonds is 6. The summed E-state index contributed by atoms with van der Waals surface area (Å²) in [5, 5.41) is 5.11. The highest BCUT2D eigenvalue weighted by molar-refractivity contribution is 7.27. The molecule has 11 aromatic rings. The van der Waals surface area contributed by atoms with E-state index in [1.54, 1.807) is 0 Å². The Balaban J connectivity index is 1.08. The first-order chi connectivity index (χ1) is 27.7. The molecule has 0 aliphatic heterocycles. The van der Waals surface area contributed by atoms with Crippen LogP contribution in [0.5, 0.6) is 0 Å². The normalized spacial score (nSPS) is 11.6. The molecule has 0 aliphatic carbocycles. The molecule has 0 fully saturated rings. The van der Waals surface area contributed by atoms with E-state index in [1.165, 1.54) is 62.6 Å². The molecule has 0 bridgehead atoms. The van der Waals surface area contributed by atoms with E-state index in [-0.39, 0.29) is 0 Å². The van der Waals surface area contributed by atoms with Crippen molar-refractivity contribution in [3.63, 3.8) is 0 Å². The Morgan fingerprint density at radius 2 is 0.839 bits per heavy atom. The molecule has 0 aliphatic rings. The van der Waals surface area contributed by atoms with Gasteiger partial charge in [-0.2, -0.15) is 0 Å². The van der Waals surface area contributed by atoms with Gasteiger partial charge in [0.1, 0.15) is 0 Å². The van der Waals surface area contributed by atoms with E-state index in [1.807, 2.05) is 46.9 Å². The van der Waals surface area contributed by atoms with Gasteiger partial charge in [0.05, 0.1) is 0 Å². The minimum atomic E-state index is 0.649. The van der Waals surface area contributed by atoms with Crippen molar-refractivity contribution >= 4 is 63.0 Å². The molecular formula is C51H31N3S2. The van der Waals surface area contributed by atoms with Crippen LogP contribution in [-0.4, -0.2) is 15.0 Å². The van der Waals surface area contributed by atoms with Crippen LogP contribution in [0.15, 0.2) is 188 Å². The van der Waals surface area contributed by atoms with Crippen LogP contribution in [0.1, 0.15) is 0 Å². The van der Waals surface area contributed by atoms with Crippen LogP contribution in [0, 0.1) is 0 Å². The minimum absolute atomic E-state index is 0.649. The number of aromatic nitrogens is 3. The maximum atomic E-state index is 5.14. The van der Waals surface area contributed by atoms with E-state index in [4.69, 9.17) is 15.0 Å². The van der Waals surface area contributed by atoms with Crippen LogP contribution < -0.4 is 0 Å². The zero-order valence-corrected chi connectivity index (χ0v) is 31.7. The van der Waals surface area contributed by atoms with Crippen molar-refractivity contribution in [2.75, 3.05) is 0 Å². The number of fused-ring (bicyclic) bond motifs is 6. The molecule has 0 N–H and O–H groups in total. The van der Waals surface area contributed by atoms with Crippen molar-refractivity contribution in [3.8, 4) is 67.5 Å². The maximum absolute atomic E-state index is 5.14. The summed E-state index contributed by atoms with van der Waals surface area (Å²) in [5.74, 6) is 1.95. The Morgan fingerprint density at radius 1 is 0.286 bits per heavy atom. The summed E-state index contributed by atoms with van der Waals surface area (Å²) in [6.45, 7) is 0. The molecule has 3 aromatic heterocycles. The van der Waals surface area contributed by atoms with E-state index in [0.29, 0.717) is 17.5 Å². The number of hydrogen-bond acceptors (Lipinski definition) is 5. The lowest BCUT2D eigenvalue weighted by atomic mass is 9.94. The largest absolute Gasteiger partial charge is 0.208 e. The van der Waals surface area contributed by atoms with Gasteiger partial charge in [0.15, 0.2) is 17.5 Å². The summed E-state index contributed by atoms with van der Waals surface area (Å²) in [4.78, 5) is 15.3. The summed E-state index contributed by atoms with van der Waals surface area (Å²) < 4.78 is 5.09. The fourth-order valence-corrected chi connectivity index (χ4v) is 10.3. The lowest BCUT2D eigenvalue weighted by Gasteiger charge is -2.10. The molecule has 0 atom stereocenters. The number of benzene rings is 8. The minimum Gasteiger partial charge on any atom is -0.208 e. The van der Waals surface area contributed by atoms with Crippen molar-refractivity contribution in [2.45, 2.75) is 0 Å². The second-order valence-electron chi connectivity index (χ2n) is 14.0. The molecule has 0 unspecified atom stereocenters. The second kappa shape index (κ2) is 13.5. The van der Waals surface area contributed by atoms with Crippen molar-refractivity contribution in [2.24, 2.45) is 0 Å². The van der Waals surface area contributed by atoms with Gasteiger partial charge in [-0.05, 0) is 58.1 Å². The highest BCUT2D eigenvalue weighted by atomic mass is 32.1. The summed E-state index contributed by atoms with van der Waals surface area (Å²) >= 11 is 3.72. The fraction of sp³-hybridized carbons (Fsp3) is 0. The predicted molar refractivity (Wildman–Crippen MR) is 238 cm³/mol. The molecule has 3 heterocycles. The molecule has 0 radical (unpaired) electrons. The molecule has 262 valence electrons. The first kappa shape index (κ1) is 32.6. The van der Waals surface area contributed by atoms with Gasteiger partial charge in [0, 0.05) is 62.6 Å². The van der Waals surface area contributed by atoms with Crippen LogP contribution in [-0.2, 0) is 0 Å². The van der Waals surface area contributed by atoms with Gasteiger partial charge in [-0.25, -0.2) is 15.0 Å². The van der Waals surface area contributed by atoms with Gasteiger partial charge >= 0.3 is 0 Å². The average Bonchev–Trinajstić information content (AvgIpc) is 3.85. The maximum Gasteiger partial charge on any atom is 0.164 e. The van der Waals surface area contributed by atoms with E-state index < -0.39 is 0 Å². The average molecular weight is 750 g/mol. The Morgan fingerprint density at radius 3 is 1.59 bits per heavy atom. The fourth-order valence-electron chi connectivity index (χ4n) is 7.83. The quantitative estimate of drug-likeness (QED) is 0.170. The Bertz CT molecular complexity index is 3240. The standard InChI is InChI=1S/C51H31N3S2/c1-4-14-32(15-5-1)35-20-12-21-36(28-35)50-52-49(34-18-8-3-9-19-34)53-51(54-50)37-26-27-39-40-23-13-24-41(48(40)56-45(39)30-37)43-29-38(33-16-6-2-7-17-33)31-46-47(43)42-22-10-11-25-44(42)55-46/h1-31H. The van der Waals surface area contributed by atoms with E-state index in [2.05, 4.69) is 164 Å². The first-order valence-corrected chi connectivity index (χ1v) is 20.3. The molecular weight excluding hydrogens is 719 g/mol. The number of hydrogen-bond donors (Lipinski definition) is 0. The third-order valence-corrected chi connectivity index (χ3v) is 12.8. The van der Waals surface area contributed by atoms with Crippen molar-refractivity contribution in [1.82, 2.24) is 15.0 Å². The lowest BCUT2D eigenvalue weighted by Crippen LogP contribution is -2.00. The smallest absolute Gasteiger partial charge is 0.164 e. The van der Waals surface area contributed by atoms with Gasteiger partial charge in [0.2, 0.25) is 0 Å². The third-order valence-electron chi connectivity index (χ3n) is 10.5. The SMILES string of the molecule is c1ccc(-c2cccc(-c3nc(-c4ccccc4)nc(-c4ccc5c(c4)sc4c(-c6cc(-c7ccccc7)cc7sc8ccccc8c67)cccc45)n3)c2)cc1. The highest BCUT2D eigenvalue weighted by Gasteiger charge is 2.19. The molecule has 3 nitrogen and oxygen atoms in total. The van der Waals surface area contributed by atoms with Crippen molar-refractivity contribution < 1.29 is 0 Å². The number of nitrogens with zero attached hydrogens (tertiary/aromatic N) is 3. The summed E-state index contributed by atoms with van der Waals surface area (Å²) in [5.41, 5.74) is 10.1. The Kier molecular flexibility index (Phi) is 7.87. The van der Waals surface area contributed by atoms with Crippen LogP contribution in [0.2, 0.25) is 0 Å². The van der Waals surface area contributed by atoms with Crippen LogP contribution >= 0.6 is 22.7 Å². The van der Waals surface area contributed by atoms with Gasteiger partial charge in [-0.3, -0.25) is 0 Å². The molecule has 11 rings (SSSR count). The molecule has 0 saturated carbocycles. The van der Waals surface area contributed by atoms with Crippen molar-refractivity contribution in [3.05, 3.63) is 188 Å². The third kappa shape index (κ3) is 5.68. The molecule has 0 spiro atoms. The second-order valence-corrected chi connectivity index (χ2v) is 16.1. The van der Waals surface area contributed by atoms with E-state index in [0.717, 1.165) is 27.8 Å². The van der Waals surface area contributed by atoms with Crippen LogP contribution in [0.3, 0.4) is 0 Å². The Hall–Kier alpha value is -6.79. The molecule has 5 heteroatoms. The van der Waals surface area contributed by atoms with E-state index >= 15 is 0 Å². The monoisotopic (exact) mass is 749 g/mol. The zero-order valence-electron chi connectivity index (χ0n) is 30.1. The summed E-state index contributed by atoms with van der Waals surface area (Å²) in [6, 6.07) is 66.8. The molecule has 0 amide bonds. The molecule has 8 aromatic carbocycles.